The van der Waals surface area contributed by atoms with Crippen molar-refractivity contribution in [3.63, 3.8) is 0 Å². The molecule has 0 bridgehead atoms. The number of fused-ring (bicyclic) bond motifs is 2. The van der Waals surface area contributed by atoms with Gasteiger partial charge in [-0.2, -0.15) is 0 Å². The van der Waals surface area contributed by atoms with Gasteiger partial charge in [0.05, 0.1) is 0 Å². The van der Waals surface area contributed by atoms with Crippen LogP contribution in [0.4, 0.5) is 0 Å². The van der Waals surface area contributed by atoms with Gasteiger partial charge in [0.25, 0.3) is 5.89 Å². The first-order valence-corrected chi connectivity index (χ1v) is 9.71. The van der Waals surface area contributed by atoms with Crippen molar-refractivity contribution >= 4 is 21.7 Å². The van der Waals surface area contributed by atoms with E-state index in [9.17, 15) is 0 Å². The molecular weight excluding hydrogens is 346 g/mol. The maximum absolute atomic E-state index is 5.96. The van der Waals surface area contributed by atoms with Crippen molar-refractivity contribution in [2.45, 2.75) is 26.3 Å². The molecule has 5 aromatic rings. The quantitative estimate of drug-likeness (QED) is 0.392. The van der Waals surface area contributed by atoms with E-state index in [1.165, 1.54) is 27.2 Å². The minimum atomic E-state index is 0.583. The monoisotopic (exact) mass is 367 g/mol. The van der Waals surface area contributed by atoms with Crippen LogP contribution in [-0.4, -0.2) is 14.8 Å². The maximum Gasteiger partial charge on any atom is 0.264 e. The Morgan fingerprint density at radius 1 is 0.857 bits per heavy atom. The van der Waals surface area contributed by atoms with Gasteiger partial charge < -0.3 is 8.98 Å². The van der Waals surface area contributed by atoms with E-state index in [1.807, 2.05) is 0 Å². The first kappa shape index (κ1) is 16.8. The summed E-state index contributed by atoms with van der Waals surface area (Å²) in [5, 5.41) is 12.2. The Balaban J connectivity index is 1.67. The molecule has 0 fully saturated rings. The van der Waals surface area contributed by atoms with Crippen LogP contribution in [0.2, 0.25) is 0 Å². The van der Waals surface area contributed by atoms with Gasteiger partial charge in [0.2, 0.25) is 5.89 Å². The summed E-state index contributed by atoms with van der Waals surface area (Å²) in [7, 11) is 0. The molecule has 2 aromatic heterocycles. The second kappa shape index (κ2) is 6.97. The minimum Gasteiger partial charge on any atom is -0.419 e. The van der Waals surface area contributed by atoms with Crippen molar-refractivity contribution in [3.05, 3.63) is 84.3 Å². The molecule has 0 saturated heterocycles. The lowest BCUT2D eigenvalue weighted by Gasteiger charge is -2.11. The van der Waals surface area contributed by atoms with Gasteiger partial charge in [-0.15, -0.1) is 10.2 Å². The molecule has 0 spiro atoms. The first-order chi connectivity index (χ1) is 13.8. The van der Waals surface area contributed by atoms with Crippen LogP contribution in [0.5, 0.6) is 0 Å². The molecule has 28 heavy (non-hydrogen) atoms. The Labute approximate surface area is 163 Å². The van der Waals surface area contributed by atoms with Crippen LogP contribution in [0.1, 0.15) is 24.8 Å². The number of benzene rings is 3. The van der Waals surface area contributed by atoms with Crippen LogP contribution < -0.4 is 0 Å². The van der Waals surface area contributed by atoms with Crippen LogP contribution in [0.25, 0.3) is 33.3 Å². The smallest absolute Gasteiger partial charge is 0.264 e. The minimum absolute atomic E-state index is 0.583. The summed E-state index contributed by atoms with van der Waals surface area (Å²) < 4.78 is 8.24. The fourth-order valence-electron chi connectivity index (χ4n) is 3.83. The van der Waals surface area contributed by atoms with E-state index in [-0.39, 0.29) is 0 Å². The lowest BCUT2D eigenvalue weighted by Crippen LogP contribution is -2.02. The van der Waals surface area contributed by atoms with E-state index in [2.05, 4.69) is 94.5 Å². The molecule has 0 radical (unpaired) electrons. The summed E-state index contributed by atoms with van der Waals surface area (Å²) in [5.41, 5.74) is 3.40. The van der Waals surface area contributed by atoms with Gasteiger partial charge in [0.1, 0.15) is 5.69 Å². The lowest BCUT2D eigenvalue weighted by atomic mass is 10.0. The standard InChI is InChI=1S/C24H21N3O/c1-2-8-23-25-26-24(28-23)22-15-18-10-4-6-14-21(18)27(22)16-19-12-7-11-17-9-3-5-13-20(17)19/h3-7,9-15H,2,8,16H2,1H3. The Morgan fingerprint density at radius 2 is 1.64 bits per heavy atom. The molecule has 0 aliphatic heterocycles. The summed E-state index contributed by atoms with van der Waals surface area (Å²) >= 11 is 0. The number of para-hydroxylation sites is 1. The number of hydrogen-bond donors (Lipinski definition) is 0. The predicted molar refractivity (Wildman–Crippen MR) is 112 cm³/mol. The van der Waals surface area contributed by atoms with Crippen molar-refractivity contribution in [2.75, 3.05) is 0 Å². The normalized spacial score (nSPS) is 11.5. The second-order valence-corrected chi connectivity index (χ2v) is 7.06. The van der Waals surface area contributed by atoms with Gasteiger partial charge in [-0.1, -0.05) is 67.6 Å². The van der Waals surface area contributed by atoms with E-state index in [0.29, 0.717) is 11.8 Å². The number of rotatable bonds is 5. The molecule has 5 rings (SSSR count). The van der Waals surface area contributed by atoms with Gasteiger partial charge in [-0.3, -0.25) is 0 Å². The van der Waals surface area contributed by atoms with Gasteiger partial charge >= 0.3 is 0 Å². The lowest BCUT2D eigenvalue weighted by molar-refractivity contribution is 0.498. The average Bonchev–Trinajstić information content (AvgIpc) is 3.33. The SMILES string of the molecule is CCCc1nnc(-c2cc3ccccc3n2Cc2cccc3ccccc23)o1. The molecule has 4 nitrogen and oxygen atoms in total. The Morgan fingerprint density at radius 3 is 2.54 bits per heavy atom. The zero-order chi connectivity index (χ0) is 18.9. The maximum atomic E-state index is 5.96. The molecule has 2 heterocycles. The molecule has 138 valence electrons. The van der Waals surface area contributed by atoms with Crippen LogP contribution in [0.15, 0.2) is 77.2 Å². The first-order valence-electron chi connectivity index (χ1n) is 9.71. The number of aryl methyl sites for hydroxylation is 1. The molecule has 0 aliphatic rings. The van der Waals surface area contributed by atoms with Crippen LogP contribution in [0.3, 0.4) is 0 Å². The topological polar surface area (TPSA) is 43.9 Å². The van der Waals surface area contributed by atoms with Crippen LogP contribution in [0, 0.1) is 0 Å². The van der Waals surface area contributed by atoms with E-state index in [4.69, 9.17) is 4.42 Å². The molecule has 0 amide bonds. The Hall–Kier alpha value is -3.40. The Kier molecular flexibility index (Phi) is 4.17. The molecule has 0 saturated carbocycles. The number of hydrogen-bond acceptors (Lipinski definition) is 3. The highest BCUT2D eigenvalue weighted by molar-refractivity contribution is 5.88. The van der Waals surface area contributed by atoms with E-state index < -0.39 is 0 Å². The third-order valence-corrected chi connectivity index (χ3v) is 5.17. The van der Waals surface area contributed by atoms with Gasteiger partial charge in [0, 0.05) is 23.9 Å². The molecular formula is C24H21N3O. The van der Waals surface area contributed by atoms with Gasteiger partial charge in [0.15, 0.2) is 0 Å². The summed E-state index contributed by atoms with van der Waals surface area (Å²) in [6, 6.07) is 25.5. The third-order valence-electron chi connectivity index (χ3n) is 5.17. The van der Waals surface area contributed by atoms with Crippen molar-refractivity contribution in [1.82, 2.24) is 14.8 Å². The summed E-state index contributed by atoms with van der Waals surface area (Å²) in [6.45, 7) is 2.86. The molecule has 0 atom stereocenters. The van der Waals surface area contributed by atoms with Gasteiger partial charge in [-0.25, -0.2) is 0 Å². The van der Waals surface area contributed by atoms with E-state index >= 15 is 0 Å². The highest BCUT2D eigenvalue weighted by Gasteiger charge is 2.17. The predicted octanol–water partition coefficient (Wildman–Crippen LogP) is 5.85. The molecule has 3 aromatic carbocycles. The molecule has 0 N–H and O–H groups in total. The van der Waals surface area contributed by atoms with Crippen molar-refractivity contribution in [1.29, 1.82) is 0 Å². The summed E-state index contributed by atoms with van der Waals surface area (Å²) in [4.78, 5) is 0. The molecule has 0 unspecified atom stereocenters. The largest absolute Gasteiger partial charge is 0.419 e. The van der Waals surface area contributed by atoms with Crippen LogP contribution >= 0.6 is 0 Å². The van der Waals surface area contributed by atoms with Crippen LogP contribution in [-0.2, 0) is 13.0 Å². The zero-order valence-corrected chi connectivity index (χ0v) is 15.8. The highest BCUT2D eigenvalue weighted by Crippen LogP contribution is 2.30. The number of aromatic nitrogens is 3. The molecule has 4 heteroatoms. The van der Waals surface area contributed by atoms with Crippen molar-refractivity contribution in [3.8, 4) is 11.6 Å². The summed E-state index contributed by atoms with van der Waals surface area (Å²) in [5.74, 6) is 1.28. The van der Waals surface area contributed by atoms with E-state index in [1.54, 1.807) is 0 Å². The second-order valence-electron chi connectivity index (χ2n) is 7.06. The third kappa shape index (κ3) is 2.87. The Bertz CT molecular complexity index is 1260. The zero-order valence-electron chi connectivity index (χ0n) is 15.8. The molecule has 0 aliphatic carbocycles. The fraction of sp³-hybridized carbons (Fsp3) is 0.167. The van der Waals surface area contributed by atoms with Crippen molar-refractivity contribution in [2.24, 2.45) is 0 Å². The average molecular weight is 367 g/mol. The summed E-state index contributed by atoms with van der Waals surface area (Å²) in [6.07, 6.45) is 1.79. The van der Waals surface area contributed by atoms with Crippen molar-refractivity contribution < 1.29 is 4.42 Å². The van der Waals surface area contributed by atoms with E-state index in [0.717, 1.165) is 25.1 Å². The fourth-order valence-corrected chi connectivity index (χ4v) is 3.83. The number of nitrogens with zero attached hydrogens (tertiary/aromatic N) is 3. The van der Waals surface area contributed by atoms with Gasteiger partial charge in [-0.05, 0) is 34.9 Å². The highest BCUT2D eigenvalue weighted by atomic mass is 16.4.